The lowest BCUT2D eigenvalue weighted by molar-refractivity contribution is -0.136. The van der Waals surface area contributed by atoms with Gasteiger partial charge in [-0.05, 0) is 24.7 Å². The Bertz CT molecular complexity index is 476. The SMILES string of the molecule is CN(CC(=O)N1CCOCC1)Cc1ccc(F)c(F)c1. The van der Waals surface area contributed by atoms with Crippen LogP contribution >= 0.6 is 0 Å². The summed E-state index contributed by atoms with van der Waals surface area (Å²) >= 11 is 0. The quantitative estimate of drug-likeness (QED) is 0.834. The second-order valence-electron chi connectivity index (χ2n) is 4.91. The van der Waals surface area contributed by atoms with Crippen molar-refractivity contribution in [1.82, 2.24) is 9.80 Å². The van der Waals surface area contributed by atoms with Crippen LogP contribution in [0.25, 0.3) is 0 Å². The van der Waals surface area contributed by atoms with Crippen molar-refractivity contribution in [2.75, 3.05) is 39.9 Å². The highest BCUT2D eigenvalue weighted by Gasteiger charge is 2.18. The Morgan fingerprint density at radius 1 is 1.30 bits per heavy atom. The molecule has 0 N–H and O–H groups in total. The molecular weight excluding hydrogens is 266 g/mol. The fraction of sp³-hybridized carbons (Fsp3) is 0.500. The third-order valence-electron chi connectivity index (χ3n) is 3.21. The molecule has 4 nitrogen and oxygen atoms in total. The molecule has 1 aromatic rings. The van der Waals surface area contributed by atoms with Crippen molar-refractivity contribution in [3.63, 3.8) is 0 Å². The molecule has 1 aliphatic heterocycles. The monoisotopic (exact) mass is 284 g/mol. The third kappa shape index (κ3) is 3.98. The number of benzene rings is 1. The summed E-state index contributed by atoms with van der Waals surface area (Å²) in [5.41, 5.74) is 0.640. The first-order valence-corrected chi connectivity index (χ1v) is 6.54. The molecule has 0 aliphatic carbocycles. The summed E-state index contributed by atoms with van der Waals surface area (Å²) in [6, 6.07) is 3.78. The summed E-state index contributed by atoms with van der Waals surface area (Å²) in [5.74, 6) is -1.70. The number of morpholine rings is 1. The van der Waals surface area contributed by atoms with Crippen molar-refractivity contribution < 1.29 is 18.3 Å². The molecule has 6 heteroatoms. The molecule has 110 valence electrons. The standard InChI is InChI=1S/C14H18F2N2O2/c1-17(9-11-2-3-12(15)13(16)8-11)10-14(19)18-4-6-20-7-5-18/h2-3,8H,4-7,9-10H2,1H3. The fourth-order valence-electron chi connectivity index (χ4n) is 2.15. The first kappa shape index (κ1) is 14.9. The minimum atomic E-state index is -0.865. The first-order valence-electron chi connectivity index (χ1n) is 6.54. The van der Waals surface area contributed by atoms with Crippen molar-refractivity contribution >= 4 is 5.91 Å². The number of nitrogens with zero attached hydrogens (tertiary/aromatic N) is 2. The molecule has 1 saturated heterocycles. The lowest BCUT2D eigenvalue weighted by atomic mass is 10.2. The predicted octanol–water partition coefficient (Wildman–Crippen LogP) is 1.26. The Balaban J connectivity index is 1.86. The zero-order valence-corrected chi connectivity index (χ0v) is 11.4. The van der Waals surface area contributed by atoms with Crippen LogP contribution in [0.5, 0.6) is 0 Å². The molecule has 1 fully saturated rings. The Morgan fingerprint density at radius 3 is 2.65 bits per heavy atom. The second-order valence-corrected chi connectivity index (χ2v) is 4.91. The zero-order valence-electron chi connectivity index (χ0n) is 11.4. The first-order chi connectivity index (χ1) is 9.56. The van der Waals surface area contributed by atoms with Crippen LogP contribution in [-0.4, -0.2) is 55.6 Å². The van der Waals surface area contributed by atoms with Gasteiger partial charge in [-0.15, -0.1) is 0 Å². The van der Waals surface area contributed by atoms with Gasteiger partial charge in [0.05, 0.1) is 19.8 Å². The van der Waals surface area contributed by atoms with Gasteiger partial charge in [-0.2, -0.15) is 0 Å². The van der Waals surface area contributed by atoms with Gasteiger partial charge in [0.25, 0.3) is 0 Å². The molecule has 20 heavy (non-hydrogen) atoms. The molecule has 1 aromatic carbocycles. The summed E-state index contributed by atoms with van der Waals surface area (Å²) in [6.45, 7) is 3.00. The second kappa shape index (κ2) is 6.76. The van der Waals surface area contributed by atoms with Gasteiger partial charge in [0, 0.05) is 19.6 Å². The van der Waals surface area contributed by atoms with Crippen molar-refractivity contribution in [1.29, 1.82) is 0 Å². The maximum atomic E-state index is 13.1. The Kier molecular flexibility index (Phi) is 5.03. The van der Waals surface area contributed by atoms with E-state index in [-0.39, 0.29) is 12.5 Å². The van der Waals surface area contributed by atoms with Crippen molar-refractivity contribution in [3.05, 3.63) is 35.4 Å². The van der Waals surface area contributed by atoms with E-state index >= 15 is 0 Å². The number of hydrogen-bond acceptors (Lipinski definition) is 3. The Hall–Kier alpha value is -1.53. The van der Waals surface area contributed by atoms with Crippen LogP contribution in [0.4, 0.5) is 8.78 Å². The predicted molar refractivity (Wildman–Crippen MR) is 70.1 cm³/mol. The molecule has 0 saturated carbocycles. The molecule has 0 bridgehead atoms. The maximum absolute atomic E-state index is 13.1. The van der Waals surface area contributed by atoms with Crippen molar-refractivity contribution in [2.24, 2.45) is 0 Å². The molecule has 2 rings (SSSR count). The van der Waals surface area contributed by atoms with Gasteiger partial charge in [0.15, 0.2) is 11.6 Å². The fourth-order valence-corrected chi connectivity index (χ4v) is 2.15. The highest BCUT2D eigenvalue weighted by atomic mass is 19.2. The van der Waals surface area contributed by atoms with E-state index in [1.54, 1.807) is 16.8 Å². The van der Waals surface area contributed by atoms with Gasteiger partial charge in [0.1, 0.15) is 0 Å². The summed E-state index contributed by atoms with van der Waals surface area (Å²) in [7, 11) is 1.78. The smallest absolute Gasteiger partial charge is 0.236 e. The van der Waals surface area contributed by atoms with Crippen LogP contribution in [0.15, 0.2) is 18.2 Å². The number of carbonyl (C=O) groups excluding carboxylic acids is 1. The van der Waals surface area contributed by atoms with Crippen LogP contribution in [0.1, 0.15) is 5.56 Å². The van der Waals surface area contributed by atoms with E-state index in [4.69, 9.17) is 4.74 Å². The molecule has 0 unspecified atom stereocenters. The number of likely N-dealkylation sites (N-methyl/N-ethyl adjacent to an activating group) is 1. The van der Waals surface area contributed by atoms with Crippen LogP contribution in [-0.2, 0) is 16.1 Å². The summed E-state index contributed by atoms with van der Waals surface area (Å²) in [5, 5.41) is 0. The highest BCUT2D eigenvalue weighted by molar-refractivity contribution is 5.78. The van der Waals surface area contributed by atoms with Crippen LogP contribution in [0, 0.1) is 11.6 Å². The molecule has 1 aliphatic rings. The van der Waals surface area contributed by atoms with E-state index in [9.17, 15) is 13.6 Å². The molecule has 1 heterocycles. The number of rotatable bonds is 4. The summed E-state index contributed by atoms with van der Waals surface area (Å²) in [6.07, 6.45) is 0. The van der Waals surface area contributed by atoms with Gasteiger partial charge < -0.3 is 9.64 Å². The van der Waals surface area contributed by atoms with Gasteiger partial charge in [-0.3, -0.25) is 9.69 Å². The van der Waals surface area contributed by atoms with E-state index in [1.807, 2.05) is 0 Å². The van der Waals surface area contributed by atoms with Gasteiger partial charge >= 0.3 is 0 Å². The molecule has 1 amide bonds. The van der Waals surface area contributed by atoms with Crippen LogP contribution < -0.4 is 0 Å². The largest absolute Gasteiger partial charge is 0.378 e. The topological polar surface area (TPSA) is 32.8 Å². The van der Waals surface area contributed by atoms with Crippen LogP contribution in [0.2, 0.25) is 0 Å². The molecule has 0 aromatic heterocycles. The Morgan fingerprint density at radius 2 is 2.00 bits per heavy atom. The number of carbonyl (C=O) groups is 1. The summed E-state index contributed by atoms with van der Waals surface area (Å²) in [4.78, 5) is 15.6. The average Bonchev–Trinajstić information content (AvgIpc) is 2.44. The van der Waals surface area contributed by atoms with E-state index < -0.39 is 11.6 Å². The van der Waals surface area contributed by atoms with E-state index in [1.165, 1.54) is 6.07 Å². The van der Waals surface area contributed by atoms with Crippen LogP contribution in [0.3, 0.4) is 0 Å². The number of amides is 1. The van der Waals surface area contributed by atoms with E-state index in [2.05, 4.69) is 0 Å². The van der Waals surface area contributed by atoms with Crippen molar-refractivity contribution in [2.45, 2.75) is 6.54 Å². The van der Waals surface area contributed by atoms with Crippen molar-refractivity contribution in [3.8, 4) is 0 Å². The Labute approximate surface area is 116 Å². The lowest BCUT2D eigenvalue weighted by Gasteiger charge is -2.28. The molecule has 0 radical (unpaired) electrons. The maximum Gasteiger partial charge on any atom is 0.236 e. The number of hydrogen-bond donors (Lipinski definition) is 0. The molecule has 0 spiro atoms. The van der Waals surface area contributed by atoms with Gasteiger partial charge in [-0.25, -0.2) is 8.78 Å². The third-order valence-corrected chi connectivity index (χ3v) is 3.21. The van der Waals surface area contributed by atoms with E-state index in [0.717, 1.165) is 12.1 Å². The molecule has 0 atom stereocenters. The lowest BCUT2D eigenvalue weighted by Crippen LogP contribution is -2.44. The highest BCUT2D eigenvalue weighted by Crippen LogP contribution is 2.10. The van der Waals surface area contributed by atoms with E-state index in [0.29, 0.717) is 38.4 Å². The summed E-state index contributed by atoms with van der Waals surface area (Å²) < 4.78 is 31.1. The minimum absolute atomic E-state index is 0.0263. The normalized spacial score (nSPS) is 15.7. The average molecular weight is 284 g/mol. The number of ether oxygens (including phenoxy) is 1. The number of halogens is 2. The van der Waals surface area contributed by atoms with Gasteiger partial charge in [0.2, 0.25) is 5.91 Å². The zero-order chi connectivity index (χ0) is 14.5. The molecular formula is C14H18F2N2O2. The minimum Gasteiger partial charge on any atom is -0.378 e. The van der Waals surface area contributed by atoms with Gasteiger partial charge in [-0.1, -0.05) is 6.07 Å².